The Hall–Kier alpha value is -2.34. The van der Waals surface area contributed by atoms with Gasteiger partial charge in [0.25, 0.3) is 11.9 Å². The summed E-state index contributed by atoms with van der Waals surface area (Å²) in [4.78, 5) is 18.2. The van der Waals surface area contributed by atoms with Gasteiger partial charge >= 0.3 is 0 Å². The third kappa shape index (κ3) is 6.10. The Balaban J connectivity index is 1.61. The third-order valence-electron chi connectivity index (χ3n) is 4.86. The van der Waals surface area contributed by atoms with Crippen LogP contribution in [-0.2, 0) is 10.0 Å². The fourth-order valence-electron chi connectivity index (χ4n) is 3.21. The number of hydrogen-bond donors (Lipinski definition) is 3. The van der Waals surface area contributed by atoms with Crippen molar-refractivity contribution in [3.8, 4) is 0 Å². The number of nitrogens with zero attached hydrogens (tertiary/aromatic N) is 3. The van der Waals surface area contributed by atoms with Crippen LogP contribution in [-0.4, -0.2) is 68.1 Å². The molecule has 1 amide bonds. The van der Waals surface area contributed by atoms with Crippen molar-refractivity contribution in [2.75, 3.05) is 54.4 Å². The van der Waals surface area contributed by atoms with Crippen LogP contribution >= 0.6 is 11.6 Å². The number of amides is 1. The maximum atomic E-state index is 12.5. The van der Waals surface area contributed by atoms with Crippen LogP contribution in [0.4, 0.5) is 17.4 Å². The molecule has 0 unspecified atom stereocenters. The van der Waals surface area contributed by atoms with Crippen molar-refractivity contribution in [2.24, 2.45) is 0 Å². The zero-order chi connectivity index (χ0) is 22.6. The number of rotatable bonds is 8. The molecule has 3 rings (SSSR count). The summed E-state index contributed by atoms with van der Waals surface area (Å²) in [6.07, 6.45) is 1.17. The first-order valence-corrected chi connectivity index (χ1v) is 11.9. The van der Waals surface area contributed by atoms with Crippen molar-refractivity contribution >= 4 is 44.9 Å². The molecule has 1 fully saturated rings. The van der Waals surface area contributed by atoms with Crippen LogP contribution in [0.1, 0.15) is 24.3 Å². The van der Waals surface area contributed by atoms with Crippen molar-refractivity contribution in [2.45, 2.75) is 19.9 Å². The van der Waals surface area contributed by atoms with Gasteiger partial charge in [-0.25, -0.2) is 8.42 Å². The maximum Gasteiger partial charge on any atom is 0.292 e. The van der Waals surface area contributed by atoms with Crippen LogP contribution in [0.3, 0.4) is 0 Å². The van der Waals surface area contributed by atoms with Crippen molar-refractivity contribution in [1.82, 2.24) is 14.6 Å². The van der Waals surface area contributed by atoms with E-state index in [9.17, 15) is 13.2 Å². The predicted molar refractivity (Wildman–Crippen MR) is 121 cm³/mol. The maximum absolute atomic E-state index is 12.5. The molecule has 1 aliphatic heterocycles. The Morgan fingerprint density at radius 2 is 2.00 bits per heavy atom. The Morgan fingerprint density at radius 3 is 2.61 bits per heavy atom. The number of benzene rings is 1. The summed E-state index contributed by atoms with van der Waals surface area (Å²) in [5.74, 6) is -0.417. The molecule has 1 aromatic heterocycles. The fourth-order valence-corrected chi connectivity index (χ4v) is 4.73. The Labute approximate surface area is 186 Å². The summed E-state index contributed by atoms with van der Waals surface area (Å²) in [7, 11) is -3.30. The summed E-state index contributed by atoms with van der Waals surface area (Å²) < 4.78 is 31.5. The number of piperazine rings is 1. The van der Waals surface area contributed by atoms with E-state index in [1.54, 1.807) is 12.1 Å². The van der Waals surface area contributed by atoms with E-state index in [1.807, 2.05) is 19.9 Å². The molecular formula is C19H27ClN6O4S. The van der Waals surface area contributed by atoms with E-state index >= 15 is 0 Å². The van der Waals surface area contributed by atoms with E-state index in [2.05, 4.69) is 20.5 Å². The largest absolute Gasteiger partial charge is 0.431 e. The minimum atomic E-state index is -3.30. The molecule has 0 saturated carbocycles. The van der Waals surface area contributed by atoms with Gasteiger partial charge in [0.1, 0.15) is 6.26 Å². The van der Waals surface area contributed by atoms with Gasteiger partial charge in [0.05, 0.1) is 16.5 Å². The van der Waals surface area contributed by atoms with Crippen LogP contribution in [0.5, 0.6) is 0 Å². The monoisotopic (exact) mass is 470 g/mol. The van der Waals surface area contributed by atoms with Gasteiger partial charge in [0, 0.05) is 44.5 Å². The van der Waals surface area contributed by atoms with Gasteiger partial charge in [0.15, 0.2) is 5.69 Å². The summed E-state index contributed by atoms with van der Waals surface area (Å²) >= 11 is 6.23. The minimum Gasteiger partial charge on any atom is -0.431 e. The zero-order valence-corrected chi connectivity index (χ0v) is 19.0. The molecule has 2 heterocycles. The molecule has 1 saturated heterocycles. The van der Waals surface area contributed by atoms with Crippen LogP contribution < -0.4 is 21.3 Å². The minimum absolute atomic E-state index is 0.0461. The first kappa shape index (κ1) is 23.3. The molecule has 0 spiro atoms. The molecule has 12 heteroatoms. The lowest BCUT2D eigenvalue weighted by Crippen LogP contribution is -2.50. The molecule has 1 aliphatic rings. The topological polar surface area (TPSA) is 134 Å². The first-order valence-electron chi connectivity index (χ1n) is 9.94. The van der Waals surface area contributed by atoms with Crippen LogP contribution in [0.15, 0.2) is 28.9 Å². The van der Waals surface area contributed by atoms with E-state index in [0.717, 1.165) is 5.69 Å². The molecule has 2 aromatic rings. The predicted octanol–water partition coefficient (Wildman–Crippen LogP) is 1.61. The highest BCUT2D eigenvalue weighted by Crippen LogP contribution is 2.29. The molecule has 4 N–H and O–H groups in total. The number of carbonyl (C=O) groups excluding carboxylic acids is 1. The van der Waals surface area contributed by atoms with E-state index in [-0.39, 0.29) is 23.5 Å². The second kappa shape index (κ2) is 9.86. The molecule has 170 valence electrons. The third-order valence-corrected chi connectivity index (χ3v) is 7.06. The number of sulfonamides is 1. The number of aromatic nitrogens is 1. The number of nitrogens with two attached hydrogens (primary N) is 1. The summed E-state index contributed by atoms with van der Waals surface area (Å²) in [5.41, 5.74) is 6.70. The van der Waals surface area contributed by atoms with Crippen LogP contribution in [0.25, 0.3) is 0 Å². The molecular weight excluding hydrogens is 444 g/mol. The first-order chi connectivity index (χ1) is 14.7. The van der Waals surface area contributed by atoms with Crippen LogP contribution in [0, 0.1) is 0 Å². The number of hydrogen-bond acceptors (Lipinski definition) is 8. The second-order valence-corrected chi connectivity index (χ2v) is 10.00. The van der Waals surface area contributed by atoms with Gasteiger partial charge in [-0.15, -0.1) is 0 Å². The molecule has 1 aromatic carbocycles. The highest BCUT2D eigenvalue weighted by Gasteiger charge is 2.27. The van der Waals surface area contributed by atoms with Crippen LogP contribution in [0.2, 0.25) is 5.02 Å². The van der Waals surface area contributed by atoms with Gasteiger partial charge in [-0.3, -0.25) is 4.79 Å². The fraction of sp³-hybridized carbons (Fsp3) is 0.474. The quantitative estimate of drug-likeness (QED) is 0.529. The Bertz CT molecular complexity index is 1020. The van der Waals surface area contributed by atoms with Crippen molar-refractivity contribution in [1.29, 1.82) is 0 Å². The summed E-state index contributed by atoms with van der Waals surface area (Å²) in [6.45, 7) is 6.25. The van der Waals surface area contributed by atoms with Gasteiger partial charge < -0.3 is 25.7 Å². The lowest BCUT2D eigenvalue weighted by atomic mass is 10.2. The molecule has 10 nitrogen and oxygen atoms in total. The Kier molecular flexibility index (Phi) is 7.42. The normalized spacial score (nSPS) is 15.4. The number of nitrogen functional groups attached to an aromatic ring is 1. The highest BCUT2D eigenvalue weighted by molar-refractivity contribution is 7.89. The second-order valence-electron chi connectivity index (χ2n) is 7.50. The molecule has 0 aliphatic carbocycles. The van der Waals surface area contributed by atoms with Crippen molar-refractivity contribution in [3.63, 3.8) is 0 Å². The summed E-state index contributed by atoms with van der Waals surface area (Å²) in [6, 6.07) is 5.42. The number of oxazole rings is 1. The van der Waals surface area contributed by atoms with Gasteiger partial charge in [-0.2, -0.15) is 9.29 Å². The van der Waals surface area contributed by atoms with E-state index in [1.165, 1.54) is 10.6 Å². The molecule has 0 radical (unpaired) electrons. The molecule has 0 bridgehead atoms. The van der Waals surface area contributed by atoms with Gasteiger partial charge in [-0.05, 0) is 18.2 Å². The van der Waals surface area contributed by atoms with E-state index in [0.29, 0.717) is 43.4 Å². The zero-order valence-electron chi connectivity index (χ0n) is 17.5. The lowest BCUT2D eigenvalue weighted by Gasteiger charge is -2.35. The smallest absolute Gasteiger partial charge is 0.292 e. The average Bonchev–Trinajstić information content (AvgIpc) is 3.16. The summed E-state index contributed by atoms with van der Waals surface area (Å²) in [5, 5.41) is 6.20. The van der Waals surface area contributed by atoms with Gasteiger partial charge in [0.2, 0.25) is 10.0 Å². The SMILES string of the molecule is CC(C)NCCS(=O)(=O)N1CCN(c2ccc(Cl)c(NC(=O)c3coc(N)n3)c2)CC1. The number of anilines is 3. The van der Waals surface area contributed by atoms with Crippen molar-refractivity contribution < 1.29 is 17.6 Å². The van der Waals surface area contributed by atoms with Gasteiger partial charge in [-0.1, -0.05) is 25.4 Å². The average molecular weight is 471 g/mol. The number of halogens is 1. The lowest BCUT2D eigenvalue weighted by molar-refractivity contribution is 0.102. The standard InChI is InChI=1S/C19H27ClN6O4S/c1-13(2)22-5-10-31(28,29)26-8-6-25(7-9-26)14-3-4-15(20)16(11-14)23-18(27)17-12-30-19(21)24-17/h3-4,11-13,22H,5-10H2,1-2H3,(H2,21,24)(H,23,27). The Morgan fingerprint density at radius 1 is 1.29 bits per heavy atom. The molecule has 31 heavy (non-hydrogen) atoms. The molecule has 0 atom stereocenters. The van der Waals surface area contributed by atoms with E-state index < -0.39 is 15.9 Å². The highest BCUT2D eigenvalue weighted by atomic mass is 35.5. The number of carbonyl (C=O) groups is 1. The number of nitrogens with one attached hydrogen (secondary N) is 2. The van der Waals surface area contributed by atoms with E-state index in [4.69, 9.17) is 21.8 Å². The van der Waals surface area contributed by atoms with Crippen molar-refractivity contribution in [3.05, 3.63) is 35.2 Å².